The molecule has 0 bridgehead atoms. The minimum atomic E-state index is -0.915. The lowest BCUT2D eigenvalue weighted by Gasteiger charge is -1.90. The number of carbonyl (C=O) groups is 1. The first-order valence-corrected chi connectivity index (χ1v) is 4.95. The zero-order valence-electron chi connectivity index (χ0n) is 9.27. The molecule has 0 unspecified atom stereocenters. The SMILES string of the molecule is CCOCC(=O)O.Cc1cccc(Cl)c1.Cl. The van der Waals surface area contributed by atoms with Gasteiger partial charge in [-0.25, -0.2) is 4.79 Å². The van der Waals surface area contributed by atoms with Gasteiger partial charge in [0.05, 0.1) is 0 Å². The Labute approximate surface area is 107 Å². The summed E-state index contributed by atoms with van der Waals surface area (Å²) in [6.45, 7) is 4.05. The first-order chi connectivity index (χ1) is 7.06. The average Bonchev–Trinajstić information content (AvgIpc) is 2.15. The fourth-order valence-corrected chi connectivity index (χ4v) is 1.04. The normalized spacial score (nSPS) is 8.44. The molecule has 0 fully saturated rings. The number of benzene rings is 1. The molecule has 0 aliphatic carbocycles. The average molecular weight is 267 g/mol. The van der Waals surface area contributed by atoms with Gasteiger partial charge in [0.1, 0.15) is 6.61 Å². The highest BCUT2D eigenvalue weighted by Gasteiger charge is 1.90. The summed E-state index contributed by atoms with van der Waals surface area (Å²) in [7, 11) is 0. The van der Waals surface area contributed by atoms with Crippen LogP contribution in [0.4, 0.5) is 0 Å². The Hall–Kier alpha value is -0.770. The standard InChI is InChI=1S/C7H7Cl.C4H8O3.ClH/c1-6-3-2-4-7(8)5-6;1-2-7-3-4(5)6;/h2-5H,1H3;2-3H2,1H3,(H,5,6);1H. The maximum atomic E-state index is 9.63. The van der Waals surface area contributed by atoms with E-state index in [4.69, 9.17) is 16.7 Å². The number of halogens is 2. The van der Waals surface area contributed by atoms with Crippen molar-refractivity contribution in [1.29, 1.82) is 0 Å². The summed E-state index contributed by atoms with van der Waals surface area (Å²) in [5.41, 5.74) is 1.21. The van der Waals surface area contributed by atoms with Gasteiger partial charge in [-0.1, -0.05) is 23.7 Å². The molecule has 92 valence electrons. The molecule has 16 heavy (non-hydrogen) atoms. The molecule has 1 aromatic rings. The molecule has 1 N–H and O–H groups in total. The van der Waals surface area contributed by atoms with Crippen LogP contribution in [0.2, 0.25) is 5.02 Å². The third-order valence-corrected chi connectivity index (χ3v) is 1.64. The second-order valence-corrected chi connectivity index (χ2v) is 3.27. The summed E-state index contributed by atoms with van der Waals surface area (Å²) in [6, 6.07) is 7.76. The molecular formula is C11H16Cl2O3. The Balaban J connectivity index is 0. The van der Waals surface area contributed by atoms with Crippen molar-refractivity contribution in [3.8, 4) is 0 Å². The van der Waals surface area contributed by atoms with E-state index in [1.807, 2.05) is 31.2 Å². The van der Waals surface area contributed by atoms with Gasteiger partial charge >= 0.3 is 5.97 Å². The van der Waals surface area contributed by atoms with Gasteiger partial charge in [-0.15, -0.1) is 12.4 Å². The van der Waals surface area contributed by atoms with E-state index in [1.165, 1.54) is 5.56 Å². The van der Waals surface area contributed by atoms with Gasteiger partial charge in [0.2, 0.25) is 0 Å². The van der Waals surface area contributed by atoms with E-state index in [-0.39, 0.29) is 19.0 Å². The van der Waals surface area contributed by atoms with Crippen LogP contribution in [-0.2, 0) is 9.53 Å². The molecule has 0 atom stereocenters. The van der Waals surface area contributed by atoms with Crippen molar-refractivity contribution in [2.45, 2.75) is 13.8 Å². The van der Waals surface area contributed by atoms with Gasteiger partial charge in [0.25, 0.3) is 0 Å². The highest BCUT2D eigenvalue weighted by atomic mass is 35.5. The maximum Gasteiger partial charge on any atom is 0.329 e. The Morgan fingerprint density at radius 1 is 1.50 bits per heavy atom. The summed E-state index contributed by atoms with van der Waals surface area (Å²) in [5, 5.41) is 8.73. The lowest BCUT2D eigenvalue weighted by molar-refractivity contribution is -0.142. The molecule has 5 heteroatoms. The molecule has 0 radical (unpaired) electrons. The van der Waals surface area contributed by atoms with Crippen LogP contribution in [0, 0.1) is 6.92 Å². The van der Waals surface area contributed by atoms with Gasteiger partial charge in [-0.05, 0) is 31.5 Å². The maximum absolute atomic E-state index is 9.63. The van der Waals surface area contributed by atoms with Gasteiger partial charge in [-0.2, -0.15) is 0 Å². The van der Waals surface area contributed by atoms with Crippen molar-refractivity contribution in [2.75, 3.05) is 13.2 Å². The number of hydrogen-bond donors (Lipinski definition) is 1. The van der Waals surface area contributed by atoms with E-state index in [0.29, 0.717) is 6.61 Å². The third kappa shape index (κ3) is 11.3. The lowest BCUT2D eigenvalue weighted by Crippen LogP contribution is -2.05. The minimum absolute atomic E-state index is 0. The number of hydrogen-bond acceptors (Lipinski definition) is 2. The van der Waals surface area contributed by atoms with Gasteiger partial charge in [-0.3, -0.25) is 0 Å². The second-order valence-electron chi connectivity index (χ2n) is 2.83. The molecule has 0 saturated heterocycles. The van der Waals surface area contributed by atoms with Crippen molar-refractivity contribution in [1.82, 2.24) is 0 Å². The van der Waals surface area contributed by atoms with Crippen molar-refractivity contribution in [3.05, 3.63) is 34.9 Å². The van der Waals surface area contributed by atoms with E-state index >= 15 is 0 Å². The second kappa shape index (κ2) is 10.7. The van der Waals surface area contributed by atoms with E-state index in [2.05, 4.69) is 4.74 Å². The molecule has 0 aliphatic heterocycles. The Kier molecular flexibility index (Phi) is 11.8. The minimum Gasteiger partial charge on any atom is -0.480 e. The predicted octanol–water partition coefficient (Wildman–Crippen LogP) is 3.18. The highest BCUT2D eigenvalue weighted by Crippen LogP contribution is 2.08. The molecule has 0 aromatic heterocycles. The van der Waals surface area contributed by atoms with Gasteiger partial charge < -0.3 is 9.84 Å². The number of ether oxygens (including phenoxy) is 1. The summed E-state index contributed by atoms with van der Waals surface area (Å²) >= 11 is 5.64. The Bertz CT molecular complexity index is 286. The van der Waals surface area contributed by atoms with Crippen LogP contribution in [0.15, 0.2) is 24.3 Å². The Morgan fingerprint density at radius 2 is 2.12 bits per heavy atom. The van der Waals surface area contributed by atoms with E-state index < -0.39 is 5.97 Å². The monoisotopic (exact) mass is 266 g/mol. The van der Waals surface area contributed by atoms with E-state index in [0.717, 1.165) is 5.02 Å². The Morgan fingerprint density at radius 3 is 2.38 bits per heavy atom. The summed E-state index contributed by atoms with van der Waals surface area (Å²) in [6.07, 6.45) is 0. The molecule has 1 rings (SSSR count). The zero-order chi connectivity index (χ0) is 11.7. The van der Waals surface area contributed by atoms with Crippen LogP contribution >= 0.6 is 24.0 Å². The number of carboxylic acid groups (broad SMARTS) is 1. The predicted molar refractivity (Wildman–Crippen MR) is 67.6 cm³/mol. The van der Waals surface area contributed by atoms with E-state index in [9.17, 15) is 4.79 Å². The smallest absolute Gasteiger partial charge is 0.329 e. The summed E-state index contributed by atoms with van der Waals surface area (Å²) < 4.78 is 4.50. The number of rotatable bonds is 3. The fraction of sp³-hybridized carbons (Fsp3) is 0.364. The first kappa shape index (κ1) is 17.6. The van der Waals surface area contributed by atoms with Crippen LogP contribution < -0.4 is 0 Å². The van der Waals surface area contributed by atoms with Gasteiger partial charge in [0.15, 0.2) is 0 Å². The van der Waals surface area contributed by atoms with Crippen LogP contribution in [-0.4, -0.2) is 24.3 Å². The summed E-state index contributed by atoms with van der Waals surface area (Å²) in [4.78, 5) is 9.63. The lowest BCUT2D eigenvalue weighted by atomic mass is 10.2. The zero-order valence-corrected chi connectivity index (χ0v) is 10.8. The fourth-order valence-electron chi connectivity index (χ4n) is 0.795. The molecule has 0 saturated carbocycles. The van der Waals surface area contributed by atoms with Crippen molar-refractivity contribution >= 4 is 30.0 Å². The highest BCUT2D eigenvalue weighted by molar-refractivity contribution is 6.30. The van der Waals surface area contributed by atoms with Crippen molar-refractivity contribution in [3.63, 3.8) is 0 Å². The van der Waals surface area contributed by atoms with Crippen LogP contribution in [0.3, 0.4) is 0 Å². The molecule has 0 spiro atoms. The molecular weight excluding hydrogens is 251 g/mol. The third-order valence-electron chi connectivity index (χ3n) is 1.41. The van der Waals surface area contributed by atoms with Crippen molar-refractivity contribution < 1.29 is 14.6 Å². The van der Waals surface area contributed by atoms with Crippen LogP contribution in [0.25, 0.3) is 0 Å². The largest absolute Gasteiger partial charge is 0.480 e. The molecule has 1 aromatic carbocycles. The molecule has 3 nitrogen and oxygen atoms in total. The summed E-state index contributed by atoms with van der Waals surface area (Å²) in [5.74, 6) is -0.915. The molecule has 0 amide bonds. The number of aliphatic carboxylic acids is 1. The van der Waals surface area contributed by atoms with Crippen LogP contribution in [0.5, 0.6) is 0 Å². The van der Waals surface area contributed by atoms with E-state index in [1.54, 1.807) is 6.92 Å². The number of aryl methyl sites for hydroxylation is 1. The molecule has 0 heterocycles. The number of carboxylic acids is 1. The van der Waals surface area contributed by atoms with Gasteiger partial charge in [0, 0.05) is 11.6 Å². The van der Waals surface area contributed by atoms with Crippen molar-refractivity contribution in [2.24, 2.45) is 0 Å². The topological polar surface area (TPSA) is 46.5 Å². The first-order valence-electron chi connectivity index (χ1n) is 4.58. The van der Waals surface area contributed by atoms with Crippen LogP contribution in [0.1, 0.15) is 12.5 Å². The molecule has 0 aliphatic rings. The quantitative estimate of drug-likeness (QED) is 0.914.